The van der Waals surface area contributed by atoms with E-state index in [4.69, 9.17) is 5.11 Å². The first-order valence-corrected chi connectivity index (χ1v) is 4.17. The van der Waals surface area contributed by atoms with E-state index in [-0.39, 0.29) is 12.2 Å². The molecule has 1 N–H and O–H groups in total. The minimum atomic E-state index is -1.25. The van der Waals surface area contributed by atoms with Crippen molar-refractivity contribution in [3.8, 4) is 5.75 Å². The van der Waals surface area contributed by atoms with E-state index < -0.39 is 17.4 Å². The quantitative estimate of drug-likeness (QED) is 0.812. The van der Waals surface area contributed by atoms with Crippen LogP contribution in [0.25, 0.3) is 0 Å². The number of hydrogen-bond donors (Lipinski definition) is 1. The number of benzene rings is 1. The molecule has 0 radical (unpaired) electrons. The highest BCUT2D eigenvalue weighted by atomic mass is 19.2. The monoisotopic (exact) mass is 200 g/mol. The summed E-state index contributed by atoms with van der Waals surface area (Å²) in [6.07, 6.45) is 0.560. The molecule has 0 atom stereocenters. The van der Waals surface area contributed by atoms with Gasteiger partial charge in [-0.2, -0.15) is 4.39 Å². The lowest BCUT2D eigenvalue weighted by atomic mass is 10.1. The number of phenols is 1. The van der Waals surface area contributed by atoms with E-state index in [1.807, 2.05) is 0 Å². The Kier molecular flexibility index (Phi) is 3.17. The van der Waals surface area contributed by atoms with E-state index in [1.54, 1.807) is 0 Å². The van der Waals surface area contributed by atoms with Gasteiger partial charge in [0.2, 0.25) is 0 Å². The Morgan fingerprint density at radius 1 is 1.43 bits per heavy atom. The number of hydrogen-bond acceptors (Lipinski definition) is 2. The highest BCUT2D eigenvalue weighted by Crippen LogP contribution is 2.21. The van der Waals surface area contributed by atoms with Crippen molar-refractivity contribution in [1.82, 2.24) is 0 Å². The van der Waals surface area contributed by atoms with Crippen LogP contribution in [0.3, 0.4) is 0 Å². The summed E-state index contributed by atoms with van der Waals surface area (Å²) in [6, 6.07) is 2.11. The van der Waals surface area contributed by atoms with Gasteiger partial charge in [0, 0.05) is 6.42 Å². The fourth-order valence-electron chi connectivity index (χ4n) is 1.09. The summed E-state index contributed by atoms with van der Waals surface area (Å²) in [6.45, 7) is 1.42. The second-order valence-corrected chi connectivity index (χ2v) is 3.11. The van der Waals surface area contributed by atoms with E-state index in [9.17, 15) is 13.6 Å². The van der Waals surface area contributed by atoms with Gasteiger partial charge in [-0.1, -0.05) is 0 Å². The SMILES string of the molecule is CC(=O)CCc1cc(O)c(F)c(F)c1. The third-order valence-electron chi connectivity index (χ3n) is 1.83. The van der Waals surface area contributed by atoms with Crippen LogP contribution < -0.4 is 0 Å². The summed E-state index contributed by atoms with van der Waals surface area (Å²) < 4.78 is 25.4. The molecule has 0 bridgehead atoms. The number of ketones is 1. The van der Waals surface area contributed by atoms with Crippen LogP contribution in [0, 0.1) is 11.6 Å². The molecule has 4 heteroatoms. The Balaban J connectivity index is 2.84. The Hall–Kier alpha value is -1.45. The number of rotatable bonds is 3. The predicted molar refractivity (Wildman–Crippen MR) is 47.0 cm³/mol. The summed E-state index contributed by atoms with van der Waals surface area (Å²) in [4.78, 5) is 10.6. The molecule has 0 unspecified atom stereocenters. The lowest BCUT2D eigenvalue weighted by Gasteiger charge is -2.02. The van der Waals surface area contributed by atoms with Crippen molar-refractivity contribution >= 4 is 5.78 Å². The first-order chi connectivity index (χ1) is 6.50. The molecule has 0 fully saturated rings. The lowest BCUT2D eigenvalue weighted by Crippen LogP contribution is -1.96. The fraction of sp³-hybridized carbons (Fsp3) is 0.300. The molecule has 1 rings (SSSR count). The van der Waals surface area contributed by atoms with Crippen LogP contribution in [0.2, 0.25) is 0 Å². The minimum absolute atomic E-state index is 0.0331. The zero-order valence-electron chi connectivity index (χ0n) is 7.68. The van der Waals surface area contributed by atoms with Gasteiger partial charge < -0.3 is 9.90 Å². The van der Waals surface area contributed by atoms with Crippen molar-refractivity contribution in [3.63, 3.8) is 0 Å². The normalized spacial score (nSPS) is 10.2. The van der Waals surface area contributed by atoms with Crippen molar-refractivity contribution in [2.75, 3.05) is 0 Å². The van der Waals surface area contributed by atoms with Gasteiger partial charge in [0.25, 0.3) is 0 Å². The number of carbonyl (C=O) groups excluding carboxylic acids is 1. The van der Waals surface area contributed by atoms with E-state index in [2.05, 4.69) is 0 Å². The van der Waals surface area contributed by atoms with Crippen LogP contribution in [-0.2, 0) is 11.2 Å². The van der Waals surface area contributed by atoms with Crippen LogP contribution >= 0.6 is 0 Å². The van der Waals surface area contributed by atoms with Gasteiger partial charge in [-0.3, -0.25) is 0 Å². The summed E-state index contributed by atoms with van der Waals surface area (Å²) >= 11 is 0. The van der Waals surface area contributed by atoms with Gasteiger partial charge in [-0.05, 0) is 31.0 Å². The summed E-state index contributed by atoms with van der Waals surface area (Å²) in [5, 5.41) is 8.95. The van der Waals surface area contributed by atoms with Gasteiger partial charge in [0.05, 0.1) is 0 Å². The maximum Gasteiger partial charge on any atom is 0.200 e. The molecule has 0 heterocycles. The summed E-state index contributed by atoms with van der Waals surface area (Å²) in [7, 11) is 0. The Bertz CT molecular complexity index is 338. The second-order valence-electron chi connectivity index (χ2n) is 3.11. The number of aryl methyl sites for hydroxylation is 1. The first kappa shape index (κ1) is 10.6. The second kappa shape index (κ2) is 4.17. The third kappa shape index (κ3) is 2.52. The molecule has 0 aromatic heterocycles. The minimum Gasteiger partial charge on any atom is -0.505 e. The van der Waals surface area contributed by atoms with Gasteiger partial charge in [-0.25, -0.2) is 4.39 Å². The van der Waals surface area contributed by atoms with Gasteiger partial charge in [0.15, 0.2) is 17.4 Å². The van der Waals surface area contributed by atoms with Crippen molar-refractivity contribution < 1.29 is 18.7 Å². The largest absolute Gasteiger partial charge is 0.505 e. The van der Waals surface area contributed by atoms with Crippen LogP contribution in [0.1, 0.15) is 18.9 Å². The van der Waals surface area contributed by atoms with E-state index >= 15 is 0 Å². The predicted octanol–water partition coefficient (Wildman–Crippen LogP) is 2.19. The molecule has 0 aliphatic heterocycles. The third-order valence-corrected chi connectivity index (χ3v) is 1.83. The molecule has 14 heavy (non-hydrogen) atoms. The molecule has 0 aliphatic carbocycles. The lowest BCUT2D eigenvalue weighted by molar-refractivity contribution is -0.116. The number of halogens is 2. The van der Waals surface area contributed by atoms with Gasteiger partial charge in [0.1, 0.15) is 5.78 Å². The van der Waals surface area contributed by atoms with Gasteiger partial charge >= 0.3 is 0 Å². The van der Waals surface area contributed by atoms with Crippen LogP contribution in [0.4, 0.5) is 8.78 Å². The molecule has 1 aromatic rings. The molecular formula is C10H10F2O2. The molecule has 0 saturated carbocycles. The van der Waals surface area contributed by atoms with Crippen LogP contribution in [0.15, 0.2) is 12.1 Å². The Labute approximate surface area is 80.2 Å². The highest BCUT2D eigenvalue weighted by Gasteiger charge is 2.09. The number of Topliss-reactive ketones (excluding diaryl/α,β-unsaturated/α-hetero) is 1. The first-order valence-electron chi connectivity index (χ1n) is 4.17. The average molecular weight is 200 g/mol. The van der Waals surface area contributed by atoms with Gasteiger partial charge in [-0.15, -0.1) is 0 Å². The molecule has 0 aliphatic rings. The topological polar surface area (TPSA) is 37.3 Å². The standard InChI is InChI=1S/C10H10F2O2/c1-6(13)2-3-7-4-8(11)10(12)9(14)5-7/h4-5,14H,2-3H2,1H3. The Morgan fingerprint density at radius 3 is 2.57 bits per heavy atom. The number of phenolic OH excluding ortho intramolecular Hbond substituents is 1. The summed E-state index contributed by atoms with van der Waals surface area (Å²) in [5.41, 5.74) is 0.414. The van der Waals surface area contributed by atoms with E-state index in [0.29, 0.717) is 12.0 Å². The van der Waals surface area contributed by atoms with Crippen LogP contribution in [0.5, 0.6) is 5.75 Å². The fourth-order valence-corrected chi connectivity index (χ4v) is 1.09. The zero-order chi connectivity index (χ0) is 10.7. The highest BCUT2D eigenvalue weighted by molar-refractivity contribution is 5.75. The average Bonchev–Trinajstić information content (AvgIpc) is 2.10. The molecule has 0 amide bonds. The number of carbonyl (C=O) groups is 1. The summed E-state index contributed by atoms with van der Waals surface area (Å²) in [5.74, 6) is -3.10. The Morgan fingerprint density at radius 2 is 2.07 bits per heavy atom. The van der Waals surface area contributed by atoms with E-state index in [1.165, 1.54) is 6.92 Å². The van der Waals surface area contributed by atoms with Crippen molar-refractivity contribution in [2.45, 2.75) is 19.8 Å². The van der Waals surface area contributed by atoms with Crippen molar-refractivity contribution in [3.05, 3.63) is 29.3 Å². The molecule has 76 valence electrons. The maximum atomic E-state index is 12.7. The molecule has 0 saturated heterocycles. The smallest absolute Gasteiger partial charge is 0.200 e. The van der Waals surface area contributed by atoms with E-state index in [0.717, 1.165) is 12.1 Å². The molecule has 2 nitrogen and oxygen atoms in total. The zero-order valence-corrected chi connectivity index (χ0v) is 7.68. The van der Waals surface area contributed by atoms with Crippen molar-refractivity contribution in [2.24, 2.45) is 0 Å². The van der Waals surface area contributed by atoms with Crippen LogP contribution in [-0.4, -0.2) is 10.9 Å². The molecule has 1 aromatic carbocycles. The number of aromatic hydroxyl groups is 1. The maximum absolute atomic E-state index is 12.7. The molecule has 0 spiro atoms. The van der Waals surface area contributed by atoms with Crippen molar-refractivity contribution in [1.29, 1.82) is 0 Å². The molecular weight excluding hydrogens is 190 g/mol.